The molecule has 2 aromatic rings. The van der Waals surface area contributed by atoms with Crippen molar-refractivity contribution in [1.29, 1.82) is 0 Å². The molecular formula is C17H11Cl2NO3. The molecule has 6 heteroatoms. The Hall–Kier alpha value is -2.30. The molecule has 2 aromatic carbocycles. The van der Waals surface area contributed by atoms with E-state index >= 15 is 0 Å². The fourth-order valence-corrected chi connectivity index (χ4v) is 2.41. The Morgan fingerprint density at radius 1 is 1.13 bits per heavy atom. The van der Waals surface area contributed by atoms with Crippen LogP contribution in [-0.2, 0) is 9.53 Å². The zero-order chi connectivity index (χ0) is 16.4. The van der Waals surface area contributed by atoms with Gasteiger partial charge in [0.05, 0.1) is 17.2 Å². The molecule has 0 N–H and O–H groups in total. The van der Waals surface area contributed by atoms with Crippen molar-refractivity contribution in [2.45, 2.75) is 0 Å². The summed E-state index contributed by atoms with van der Waals surface area (Å²) >= 11 is 12.1. The summed E-state index contributed by atoms with van der Waals surface area (Å²) in [5.41, 5.74) is 1.45. The number of ether oxygens (including phenoxy) is 2. The predicted octanol–water partition coefficient (Wildman–Crippen LogP) is 4.35. The van der Waals surface area contributed by atoms with E-state index in [1.54, 1.807) is 55.7 Å². The lowest BCUT2D eigenvalue weighted by atomic mass is 10.2. The first-order valence-corrected chi connectivity index (χ1v) is 7.45. The molecule has 1 aliphatic heterocycles. The van der Waals surface area contributed by atoms with Gasteiger partial charge >= 0.3 is 5.97 Å². The lowest BCUT2D eigenvalue weighted by molar-refractivity contribution is -0.129. The number of carbonyl (C=O) groups is 1. The average Bonchev–Trinajstić information content (AvgIpc) is 2.93. The largest absolute Gasteiger partial charge is 0.497 e. The SMILES string of the molecule is COc1ccc(C2=NC(=Cc3cccc(Cl)c3Cl)C(=O)O2)cc1. The fraction of sp³-hybridized carbons (Fsp3) is 0.0588. The first kappa shape index (κ1) is 15.6. The Morgan fingerprint density at radius 3 is 2.57 bits per heavy atom. The van der Waals surface area contributed by atoms with E-state index in [1.807, 2.05) is 0 Å². The van der Waals surface area contributed by atoms with Gasteiger partial charge < -0.3 is 9.47 Å². The summed E-state index contributed by atoms with van der Waals surface area (Å²) in [6, 6.07) is 12.2. The van der Waals surface area contributed by atoms with Crippen LogP contribution in [0.15, 0.2) is 53.2 Å². The van der Waals surface area contributed by atoms with Crippen LogP contribution in [0.5, 0.6) is 5.75 Å². The first-order chi connectivity index (χ1) is 11.1. The van der Waals surface area contributed by atoms with Gasteiger partial charge in [-0.3, -0.25) is 0 Å². The number of cyclic esters (lactones) is 1. The van der Waals surface area contributed by atoms with Gasteiger partial charge in [-0.1, -0.05) is 35.3 Å². The highest BCUT2D eigenvalue weighted by Gasteiger charge is 2.24. The van der Waals surface area contributed by atoms with Gasteiger partial charge in [0.25, 0.3) is 0 Å². The second-order valence-corrected chi connectivity index (χ2v) is 5.49. The minimum absolute atomic E-state index is 0.167. The molecule has 0 aromatic heterocycles. The molecule has 0 spiro atoms. The van der Waals surface area contributed by atoms with Crippen molar-refractivity contribution in [2.75, 3.05) is 7.11 Å². The molecular weight excluding hydrogens is 337 g/mol. The molecule has 0 amide bonds. The molecule has 4 nitrogen and oxygen atoms in total. The number of rotatable bonds is 3. The number of benzene rings is 2. The second kappa shape index (κ2) is 6.44. The monoisotopic (exact) mass is 347 g/mol. The van der Waals surface area contributed by atoms with Crippen LogP contribution in [0, 0.1) is 0 Å². The van der Waals surface area contributed by atoms with Crippen LogP contribution in [0.2, 0.25) is 10.0 Å². The molecule has 0 aliphatic carbocycles. The Labute approximate surface area is 143 Å². The summed E-state index contributed by atoms with van der Waals surface area (Å²) in [7, 11) is 1.58. The van der Waals surface area contributed by atoms with Crippen molar-refractivity contribution in [3.63, 3.8) is 0 Å². The van der Waals surface area contributed by atoms with Gasteiger partial charge in [-0.15, -0.1) is 0 Å². The van der Waals surface area contributed by atoms with Crippen LogP contribution in [0.1, 0.15) is 11.1 Å². The Bertz CT molecular complexity index is 826. The first-order valence-electron chi connectivity index (χ1n) is 6.69. The highest BCUT2D eigenvalue weighted by molar-refractivity contribution is 6.43. The topological polar surface area (TPSA) is 47.9 Å². The molecule has 116 valence electrons. The number of halogens is 2. The molecule has 0 radical (unpaired) electrons. The molecule has 0 fully saturated rings. The van der Waals surface area contributed by atoms with E-state index in [1.165, 1.54) is 0 Å². The molecule has 0 saturated carbocycles. The van der Waals surface area contributed by atoms with E-state index in [0.717, 1.165) is 0 Å². The molecule has 0 saturated heterocycles. The minimum atomic E-state index is -0.535. The quantitative estimate of drug-likeness (QED) is 0.612. The van der Waals surface area contributed by atoms with Crippen molar-refractivity contribution in [1.82, 2.24) is 0 Å². The zero-order valence-electron chi connectivity index (χ0n) is 12.0. The minimum Gasteiger partial charge on any atom is -0.497 e. The maximum absolute atomic E-state index is 12.0. The number of hydrogen-bond donors (Lipinski definition) is 0. The average molecular weight is 348 g/mol. The Kier molecular flexibility index (Phi) is 4.37. The summed E-state index contributed by atoms with van der Waals surface area (Å²) in [6.07, 6.45) is 1.55. The normalized spacial score (nSPS) is 15.5. The summed E-state index contributed by atoms with van der Waals surface area (Å²) in [5.74, 6) is 0.411. The van der Waals surface area contributed by atoms with Gasteiger partial charge in [0, 0.05) is 5.56 Å². The smallest absolute Gasteiger partial charge is 0.363 e. The van der Waals surface area contributed by atoms with Gasteiger partial charge in [0.2, 0.25) is 5.90 Å². The van der Waals surface area contributed by atoms with E-state index in [9.17, 15) is 4.79 Å². The van der Waals surface area contributed by atoms with Crippen LogP contribution in [0.3, 0.4) is 0 Å². The lowest BCUT2D eigenvalue weighted by Crippen LogP contribution is -2.05. The van der Waals surface area contributed by atoms with E-state index in [-0.39, 0.29) is 11.6 Å². The van der Waals surface area contributed by atoms with Crippen molar-refractivity contribution in [2.24, 2.45) is 4.99 Å². The predicted molar refractivity (Wildman–Crippen MR) is 90.1 cm³/mol. The third-order valence-corrected chi connectivity index (χ3v) is 4.06. The van der Waals surface area contributed by atoms with E-state index in [4.69, 9.17) is 32.7 Å². The summed E-state index contributed by atoms with van der Waals surface area (Å²) in [6.45, 7) is 0. The second-order valence-electron chi connectivity index (χ2n) is 4.71. The summed E-state index contributed by atoms with van der Waals surface area (Å²) < 4.78 is 10.3. The van der Waals surface area contributed by atoms with Crippen LogP contribution < -0.4 is 4.74 Å². The highest BCUT2D eigenvalue weighted by Crippen LogP contribution is 2.29. The van der Waals surface area contributed by atoms with Gasteiger partial charge in [0.1, 0.15) is 5.75 Å². The van der Waals surface area contributed by atoms with Gasteiger partial charge in [-0.2, -0.15) is 0 Å². The summed E-state index contributed by atoms with van der Waals surface area (Å²) in [4.78, 5) is 16.2. The van der Waals surface area contributed by atoms with Crippen molar-refractivity contribution in [3.8, 4) is 5.75 Å². The number of aliphatic imine (C=N–C) groups is 1. The lowest BCUT2D eigenvalue weighted by Gasteiger charge is -2.01. The Morgan fingerprint density at radius 2 is 1.87 bits per heavy atom. The third-order valence-electron chi connectivity index (χ3n) is 3.23. The summed E-state index contributed by atoms with van der Waals surface area (Å²) in [5, 5.41) is 0.773. The Balaban J connectivity index is 1.94. The van der Waals surface area contributed by atoms with Crippen LogP contribution in [-0.4, -0.2) is 19.0 Å². The third kappa shape index (κ3) is 3.23. The number of nitrogens with zero attached hydrogens (tertiary/aromatic N) is 1. The molecule has 1 aliphatic rings. The van der Waals surface area contributed by atoms with Crippen LogP contribution >= 0.6 is 23.2 Å². The van der Waals surface area contributed by atoms with Gasteiger partial charge in [-0.25, -0.2) is 9.79 Å². The maximum atomic E-state index is 12.0. The van der Waals surface area contributed by atoms with Crippen LogP contribution in [0.25, 0.3) is 6.08 Å². The molecule has 0 atom stereocenters. The fourth-order valence-electron chi connectivity index (χ4n) is 2.05. The molecule has 1 heterocycles. The molecule has 23 heavy (non-hydrogen) atoms. The zero-order valence-corrected chi connectivity index (χ0v) is 13.6. The number of carbonyl (C=O) groups excluding carboxylic acids is 1. The van der Waals surface area contributed by atoms with E-state index in [2.05, 4.69) is 4.99 Å². The standard InChI is InChI=1S/C17H11Cl2NO3/c1-22-12-7-5-10(6-8-12)16-20-14(17(21)23-16)9-11-3-2-4-13(18)15(11)19/h2-9H,1H3. The maximum Gasteiger partial charge on any atom is 0.363 e. The number of hydrogen-bond acceptors (Lipinski definition) is 4. The molecule has 0 bridgehead atoms. The number of esters is 1. The highest BCUT2D eigenvalue weighted by atomic mass is 35.5. The number of methoxy groups -OCH3 is 1. The van der Waals surface area contributed by atoms with Crippen molar-refractivity contribution < 1.29 is 14.3 Å². The van der Waals surface area contributed by atoms with Gasteiger partial charge in [0.15, 0.2) is 5.70 Å². The molecule has 0 unspecified atom stereocenters. The van der Waals surface area contributed by atoms with Crippen molar-refractivity contribution in [3.05, 3.63) is 69.3 Å². The van der Waals surface area contributed by atoms with E-state index < -0.39 is 5.97 Å². The van der Waals surface area contributed by atoms with Crippen molar-refractivity contribution >= 4 is 41.1 Å². The van der Waals surface area contributed by atoms with Gasteiger partial charge in [-0.05, 0) is 42.0 Å². The van der Waals surface area contributed by atoms with E-state index in [0.29, 0.717) is 26.9 Å². The molecule has 3 rings (SSSR count). The van der Waals surface area contributed by atoms with Crippen LogP contribution in [0.4, 0.5) is 0 Å².